The lowest BCUT2D eigenvalue weighted by atomic mass is 9.97. The van der Waals surface area contributed by atoms with Gasteiger partial charge in [-0.3, -0.25) is 0 Å². The number of nitrogens with zero attached hydrogens (tertiary/aromatic N) is 1. The van der Waals surface area contributed by atoms with Gasteiger partial charge in [-0.25, -0.2) is 0 Å². The van der Waals surface area contributed by atoms with E-state index in [1.165, 1.54) is 68.1 Å². The fourth-order valence-corrected chi connectivity index (χ4v) is 2.58. The molecule has 0 radical (unpaired) electrons. The smallest absolute Gasteiger partial charge is 0.0915 e. The quantitative estimate of drug-likeness (QED) is 0.365. The molecule has 0 amide bonds. The van der Waals surface area contributed by atoms with Crippen molar-refractivity contribution in [3.63, 3.8) is 0 Å². The lowest BCUT2D eigenvalue weighted by molar-refractivity contribution is 0.667. The van der Waals surface area contributed by atoms with Crippen LogP contribution >= 0.6 is 0 Å². The van der Waals surface area contributed by atoms with Gasteiger partial charge in [-0.15, -0.1) is 0 Å². The number of unbranched alkanes of at least 4 members (excludes halogenated alkanes) is 5. The van der Waals surface area contributed by atoms with Crippen LogP contribution in [0.3, 0.4) is 0 Å². The van der Waals surface area contributed by atoms with Crippen molar-refractivity contribution in [3.05, 3.63) is 41.5 Å². The van der Waals surface area contributed by atoms with Gasteiger partial charge < -0.3 is 0 Å². The molecule has 0 bridgehead atoms. The Hall–Kier alpha value is -1.55. The highest BCUT2D eigenvalue weighted by Gasteiger charge is 2.02. The lowest BCUT2D eigenvalue weighted by Gasteiger charge is -2.08. The van der Waals surface area contributed by atoms with Crippen molar-refractivity contribution in [2.45, 2.75) is 71.6 Å². The first-order valence-corrected chi connectivity index (χ1v) is 8.49. The van der Waals surface area contributed by atoms with E-state index in [2.05, 4.69) is 44.2 Å². The van der Waals surface area contributed by atoms with Crippen LogP contribution in [0.2, 0.25) is 0 Å². The van der Waals surface area contributed by atoms with E-state index in [0.717, 1.165) is 6.42 Å². The number of hydrogen-bond donors (Lipinski definition) is 0. The largest absolute Gasteiger partial charge is 0.193 e. The number of rotatable bonds is 10. The van der Waals surface area contributed by atoms with Crippen LogP contribution in [0.25, 0.3) is 5.57 Å². The van der Waals surface area contributed by atoms with E-state index >= 15 is 0 Å². The van der Waals surface area contributed by atoms with E-state index in [1.54, 1.807) is 6.08 Å². The summed E-state index contributed by atoms with van der Waals surface area (Å²) in [6, 6.07) is 11.0. The second-order valence-electron chi connectivity index (χ2n) is 5.76. The van der Waals surface area contributed by atoms with Gasteiger partial charge in [0, 0.05) is 6.08 Å². The Bertz CT molecular complexity index is 448. The van der Waals surface area contributed by atoms with Crippen LogP contribution in [0, 0.1) is 11.3 Å². The number of aryl methyl sites for hydroxylation is 1. The maximum Gasteiger partial charge on any atom is 0.0915 e. The number of nitriles is 1. The molecule has 1 nitrogen and oxygen atoms in total. The van der Waals surface area contributed by atoms with Gasteiger partial charge in [0.1, 0.15) is 0 Å². The van der Waals surface area contributed by atoms with Gasteiger partial charge in [0.15, 0.2) is 0 Å². The zero-order valence-electron chi connectivity index (χ0n) is 13.7. The number of allylic oxidation sites excluding steroid dienone is 2. The van der Waals surface area contributed by atoms with Crippen LogP contribution in [-0.2, 0) is 6.42 Å². The van der Waals surface area contributed by atoms with E-state index in [-0.39, 0.29) is 0 Å². The minimum atomic E-state index is 1.01. The molecule has 0 aromatic heterocycles. The van der Waals surface area contributed by atoms with Crippen LogP contribution in [-0.4, -0.2) is 0 Å². The number of benzene rings is 1. The number of hydrogen-bond acceptors (Lipinski definition) is 1. The van der Waals surface area contributed by atoms with E-state index in [1.807, 2.05) is 0 Å². The summed E-state index contributed by atoms with van der Waals surface area (Å²) in [4.78, 5) is 0. The highest BCUT2D eigenvalue weighted by atomic mass is 14.2. The Kier molecular flexibility index (Phi) is 9.29. The fraction of sp³-hybridized carbons (Fsp3) is 0.550. The monoisotopic (exact) mass is 283 g/mol. The van der Waals surface area contributed by atoms with Crippen LogP contribution in [0.4, 0.5) is 0 Å². The maximum atomic E-state index is 8.95. The Morgan fingerprint density at radius 1 is 0.952 bits per heavy atom. The Morgan fingerprint density at radius 2 is 1.62 bits per heavy atom. The molecule has 0 spiro atoms. The molecule has 0 atom stereocenters. The summed E-state index contributed by atoms with van der Waals surface area (Å²) in [7, 11) is 0. The molecule has 0 aliphatic rings. The summed E-state index contributed by atoms with van der Waals surface area (Å²) >= 11 is 0. The second kappa shape index (κ2) is 11.1. The van der Waals surface area contributed by atoms with Gasteiger partial charge in [0.2, 0.25) is 0 Å². The van der Waals surface area contributed by atoms with Crippen LogP contribution in [0.1, 0.15) is 76.3 Å². The molecule has 0 saturated heterocycles. The average Bonchev–Trinajstić information content (AvgIpc) is 2.52. The van der Waals surface area contributed by atoms with E-state index in [4.69, 9.17) is 5.26 Å². The predicted molar refractivity (Wildman–Crippen MR) is 92.0 cm³/mol. The molecule has 0 heterocycles. The topological polar surface area (TPSA) is 23.8 Å². The van der Waals surface area contributed by atoms with Gasteiger partial charge in [-0.05, 0) is 42.4 Å². The van der Waals surface area contributed by atoms with Gasteiger partial charge in [0.05, 0.1) is 6.07 Å². The minimum absolute atomic E-state index is 1.01. The third kappa shape index (κ3) is 7.14. The maximum absolute atomic E-state index is 8.95. The molecular weight excluding hydrogens is 254 g/mol. The third-order valence-electron chi connectivity index (χ3n) is 3.93. The van der Waals surface area contributed by atoms with Gasteiger partial charge in [-0.2, -0.15) is 5.26 Å². The highest BCUT2D eigenvalue weighted by molar-refractivity contribution is 5.67. The summed E-state index contributed by atoms with van der Waals surface area (Å²) in [5, 5.41) is 8.95. The summed E-state index contributed by atoms with van der Waals surface area (Å²) < 4.78 is 0. The fourth-order valence-electron chi connectivity index (χ4n) is 2.58. The van der Waals surface area contributed by atoms with Gasteiger partial charge in [0.25, 0.3) is 0 Å². The predicted octanol–water partition coefficient (Wildman–Crippen LogP) is 6.30. The molecule has 0 N–H and O–H groups in total. The zero-order valence-corrected chi connectivity index (χ0v) is 13.7. The van der Waals surface area contributed by atoms with E-state index in [0.29, 0.717) is 0 Å². The first-order chi connectivity index (χ1) is 10.3. The van der Waals surface area contributed by atoms with Crippen LogP contribution in [0.15, 0.2) is 30.3 Å². The van der Waals surface area contributed by atoms with E-state index in [9.17, 15) is 0 Å². The van der Waals surface area contributed by atoms with Crippen molar-refractivity contribution in [3.8, 4) is 6.07 Å². The van der Waals surface area contributed by atoms with Crippen LogP contribution < -0.4 is 0 Å². The Labute approximate surface area is 130 Å². The summed E-state index contributed by atoms with van der Waals surface area (Å²) in [5.74, 6) is 0. The second-order valence-corrected chi connectivity index (χ2v) is 5.76. The molecule has 1 aromatic rings. The molecule has 114 valence electrons. The molecule has 21 heavy (non-hydrogen) atoms. The standard InChI is InChI=1S/C20H29N/c1-3-5-7-9-10-18-12-14-20(15-13-18)19(16-17-21)11-8-6-4-2/h12-16H,3-11H2,1-2H3/b19-16+. The van der Waals surface area contributed by atoms with Crippen molar-refractivity contribution in [1.82, 2.24) is 0 Å². The van der Waals surface area contributed by atoms with Crippen molar-refractivity contribution in [2.75, 3.05) is 0 Å². The molecule has 0 unspecified atom stereocenters. The molecule has 1 rings (SSSR count). The zero-order chi connectivity index (χ0) is 15.3. The SMILES string of the molecule is CCCCCCc1ccc(/C(=C/C#N)CCCCC)cc1. The van der Waals surface area contributed by atoms with E-state index < -0.39 is 0 Å². The molecule has 1 aromatic carbocycles. The highest BCUT2D eigenvalue weighted by Crippen LogP contribution is 2.22. The Balaban J connectivity index is 2.57. The molecule has 0 aliphatic carbocycles. The third-order valence-corrected chi connectivity index (χ3v) is 3.93. The van der Waals surface area contributed by atoms with Crippen LogP contribution in [0.5, 0.6) is 0 Å². The van der Waals surface area contributed by atoms with Crippen molar-refractivity contribution >= 4 is 5.57 Å². The summed E-state index contributed by atoms with van der Waals surface area (Å²) in [6.45, 7) is 4.46. The summed E-state index contributed by atoms with van der Waals surface area (Å²) in [5.41, 5.74) is 3.81. The summed E-state index contributed by atoms with van der Waals surface area (Å²) in [6.07, 6.45) is 12.8. The Morgan fingerprint density at radius 3 is 2.24 bits per heavy atom. The lowest BCUT2D eigenvalue weighted by Crippen LogP contribution is -1.89. The normalized spacial score (nSPS) is 11.4. The first kappa shape index (κ1) is 17.5. The first-order valence-electron chi connectivity index (χ1n) is 8.49. The molecule has 0 aliphatic heterocycles. The van der Waals surface area contributed by atoms with Gasteiger partial charge in [-0.1, -0.05) is 70.2 Å². The van der Waals surface area contributed by atoms with Crippen molar-refractivity contribution < 1.29 is 0 Å². The molecule has 0 saturated carbocycles. The van der Waals surface area contributed by atoms with Crippen molar-refractivity contribution in [2.24, 2.45) is 0 Å². The molecular formula is C20H29N. The molecule has 0 fully saturated rings. The average molecular weight is 283 g/mol. The van der Waals surface area contributed by atoms with Gasteiger partial charge >= 0.3 is 0 Å². The minimum Gasteiger partial charge on any atom is -0.193 e. The van der Waals surface area contributed by atoms with Crippen molar-refractivity contribution in [1.29, 1.82) is 5.26 Å². The molecule has 1 heteroatoms.